The second-order valence-corrected chi connectivity index (χ2v) is 8.45. The van der Waals surface area contributed by atoms with Gasteiger partial charge >= 0.3 is 5.97 Å². The highest BCUT2D eigenvalue weighted by atomic mass is 19.1. The third-order valence-electron chi connectivity index (χ3n) is 6.01. The monoisotopic (exact) mass is 397 g/mol. The number of aromatic carboxylic acids is 1. The molecule has 0 bridgehead atoms. The summed E-state index contributed by atoms with van der Waals surface area (Å²) in [6.45, 7) is 8.26. The average molecular weight is 397 g/mol. The van der Waals surface area contributed by atoms with E-state index in [1.54, 1.807) is 16.8 Å². The number of aromatic nitrogens is 2. The molecule has 0 amide bonds. The summed E-state index contributed by atoms with van der Waals surface area (Å²) in [5.74, 6) is -1.72. The number of rotatable bonds is 3. The molecule has 4 rings (SSSR count). The normalized spacial score (nSPS) is 16.5. The SMILES string of the molecule is CCn1cc(C(=O)O)c(=O)c2c3cc(F)c(N4CCC(C)(C)CC4)cc3ncc21. The lowest BCUT2D eigenvalue weighted by atomic mass is 9.82. The lowest BCUT2D eigenvalue weighted by molar-refractivity contribution is 0.0695. The number of pyridine rings is 2. The molecule has 0 radical (unpaired) electrons. The number of benzene rings is 1. The van der Waals surface area contributed by atoms with Crippen molar-refractivity contribution in [2.45, 2.75) is 40.2 Å². The van der Waals surface area contributed by atoms with Crippen LogP contribution in [0.3, 0.4) is 0 Å². The van der Waals surface area contributed by atoms with E-state index in [0.29, 0.717) is 28.7 Å². The molecule has 1 N–H and O–H groups in total. The van der Waals surface area contributed by atoms with Gasteiger partial charge in [-0.05, 0) is 37.3 Å². The zero-order valence-corrected chi connectivity index (χ0v) is 16.8. The lowest BCUT2D eigenvalue weighted by Crippen LogP contribution is -2.37. The largest absolute Gasteiger partial charge is 0.477 e. The number of carboxylic acids is 1. The van der Waals surface area contributed by atoms with Gasteiger partial charge in [-0.2, -0.15) is 0 Å². The first-order valence-corrected chi connectivity index (χ1v) is 9.85. The Balaban J connectivity index is 1.94. The first-order chi connectivity index (χ1) is 13.7. The number of halogens is 1. The van der Waals surface area contributed by atoms with E-state index < -0.39 is 17.2 Å². The molecule has 0 aliphatic carbocycles. The molecule has 6 nitrogen and oxygen atoms in total. The summed E-state index contributed by atoms with van der Waals surface area (Å²) in [6, 6.07) is 3.00. The molecular weight excluding hydrogens is 373 g/mol. The minimum absolute atomic E-state index is 0.196. The highest BCUT2D eigenvalue weighted by molar-refractivity contribution is 6.07. The van der Waals surface area contributed by atoms with E-state index in [2.05, 4.69) is 18.8 Å². The van der Waals surface area contributed by atoms with Gasteiger partial charge in [-0.3, -0.25) is 9.78 Å². The van der Waals surface area contributed by atoms with Crippen LogP contribution in [0, 0.1) is 11.2 Å². The minimum atomic E-state index is -1.29. The van der Waals surface area contributed by atoms with E-state index >= 15 is 4.39 Å². The Labute approximate surface area is 167 Å². The van der Waals surface area contributed by atoms with Crippen molar-refractivity contribution in [2.24, 2.45) is 5.41 Å². The van der Waals surface area contributed by atoms with Gasteiger partial charge in [0.15, 0.2) is 0 Å². The Bertz CT molecular complexity index is 1190. The lowest BCUT2D eigenvalue weighted by Gasteiger charge is -2.38. The number of piperidine rings is 1. The van der Waals surface area contributed by atoms with Gasteiger partial charge in [0.25, 0.3) is 0 Å². The van der Waals surface area contributed by atoms with Crippen LogP contribution in [0.1, 0.15) is 44.0 Å². The van der Waals surface area contributed by atoms with Crippen molar-refractivity contribution < 1.29 is 14.3 Å². The maximum atomic E-state index is 15.1. The molecule has 29 heavy (non-hydrogen) atoms. The smallest absolute Gasteiger partial charge is 0.341 e. The fourth-order valence-electron chi connectivity index (χ4n) is 4.08. The zero-order valence-electron chi connectivity index (χ0n) is 16.8. The van der Waals surface area contributed by atoms with Crippen LogP contribution in [0.5, 0.6) is 0 Å². The van der Waals surface area contributed by atoms with Gasteiger partial charge in [-0.15, -0.1) is 0 Å². The molecule has 1 saturated heterocycles. The van der Waals surface area contributed by atoms with Crippen molar-refractivity contribution in [3.05, 3.63) is 46.1 Å². The van der Waals surface area contributed by atoms with E-state index in [0.717, 1.165) is 25.9 Å². The molecule has 1 aliphatic heterocycles. The molecule has 3 heterocycles. The van der Waals surface area contributed by atoms with Crippen LogP contribution in [0.4, 0.5) is 10.1 Å². The van der Waals surface area contributed by atoms with Crippen LogP contribution in [-0.4, -0.2) is 33.7 Å². The third kappa shape index (κ3) is 3.24. The molecule has 1 fully saturated rings. The summed E-state index contributed by atoms with van der Waals surface area (Å²) in [5.41, 5.74) is 0.774. The Morgan fingerprint density at radius 1 is 1.28 bits per heavy atom. The van der Waals surface area contributed by atoms with E-state index in [4.69, 9.17) is 0 Å². The van der Waals surface area contributed by atoms with Crippen molar-refractivity contribution in [3.63, 3.8) is 0 Å². The molecule has 3 aromatic rings. The number of carbonyl (C=O) groups is 1. The predicted octanol–water partition coefficient (Wildman–Crippen LogP) is 4.03. The number of fused-ring (bicyclic) bond motifs is 3. The molecule has 0 atom stereocenters. The number of hydrogen-bond acceptors (Lipinski definition) is 4. The summed E-state index contributed by atoms with van der Waals surface area (Å²) in [6.07, 6.45) is 4.83. The van der Waals surface area contributed by atoms with Gasteiger partial charge in [0, 0.05) is 31.2 Å². The third-order valence-corrected chi connectivity index (χ3v) is 6.01. The van der Waals surface area contributed by atoms with Crippen LogP contribution in [0.15, 0.2) is 29.3 Å². The first-order valence-electron chi connectivity index (χ1n) is 9.85. The predicted molar refractivity (Wildman–Crippen MR) is 111 cm³/mol. The summed E-state index contributed by atoms with van der Waals surface area (Å²) < 4.78 is 16.8. The summed E-state index contributed by atoms with van der Waals surface area (Å²) in [7, 11) is 0. The van der Waals surface area contributed by atoms with Crippen molar-refractivity contribution in [1.82, 2.24) is 9.55 Å². The molecule has 2 aromatic heterocycles. The number of carboxylic acid groups (broad SMARTS) is 1. The average Bonchev–Trinajstić information content (AvgIpc) is 2.67. The van der Waals surface area contributed by atoms with Gasteiger partial charge < -0.3 is 14.6 Å². The highest BCUT2D eigenvalue weighted by Crippen LogP contribution is 2.35. The van der Waals surface area contributed by atoms with Crippen LogP contribution >= 0.6 is 0 Å². The summed E-state index contributed by atoms with van der Waals surface area (Å²) >= 11 is 0. The van der Waals surface area contributed by atoms with E-state index in [1.165, 1.54) is 12.3 Å². The Morgan fingerprint density at radius 3 is 2.59 bits per heavy atom. The molecule has 1 aromatic carbocycles. The maximum Gasteiger partial charge on any atom is 0.341 e. The van der Waals surface area contributed by atoms with Gasteiger partial charge in [0.1, 0.15) is 11.4 Å². The van der Waals surface area contributed by atoms with Crippen LogP contribution in [-0.2, 0) is 6.54 Å². The second-order valence-electron chi connectivity index (χ2n) is 8.45. The number of anilines is 1. The second kappa shape index (κ2) is 6.83. The molecule has 0 saturated carbocycles. The Hall–Kier alpha value is -2.96. The molecule has 152 valence electrons. The molecule has 0 spiro atoms. The Kier molecular flexibility index (Phi) is 4.56. The van der Waals surface area contributed by atoms with Crippen molar-refractivity contribution in [3.8, 4) is 0 Å². The number of nitrogens with zero attached hydrogens (tertiary/aromatic N) is 3. The Morgan fingerprint density at radius 2 is 1.97 bits per heavy atom. The molecule has 7 heteroatoms. The fraction of sp³-hybridized carbons (Fsp3) is 0.409. The quantitative estimate of drug-likeness (QED) is 0.675. The fourth-order valence-corrected chi connectivity index (χ4v) is 4.08. The molecule has 0 unspecified atom stereocenters. The van der Waals surface area contributed by atoms with Crippen molar-refractivity contribution in [2.75, 3.05) is 18.0 Å². The zero-order chi connectivity index (χ0) is 20.9. The van der Waals surface area contributed by atoms with Gasteiger partial charge in [-0.25, -0.2) is 9.18 Å². The van der Waals surface area contributed by atoms with Crippen LogP contribution in [0.2, 0.25) is 0 Å². The van der Waals surface area contributed by atoms with Gasteiger partial charge in [0.05, 0.1) is 28.3 Å². The first kappa shape index (κ1) is 19.4. The topological polar surface area (TPSA) is 75.4 Å². The standard InChI is InChI=1S/C22H24FN3O3/c1-4-25-12-14(21(28)29)20(27)19-13-9-15(23)17(10-16(13)24-11-18(19)25)26-7-5-22(2,3)6-8-26/h9-12H,4-8H2,1-3H3,(H,28,29). The van der Waals surface area contributed by atoms with E-state index in [9.17, 15) is 14.7 Å². The highest BCUT2D eigenvalue weighted by Gasteiger charge is 2.27. The molecular formula is C22H24FN3O3. The van der Waals surface area contributed by atoms with E-state index in [-0.39, 0.29) is 16.4 Å². The number of hydrogen-bond donors (Lipinski definition) is 1. The summed E-state index contributed by atoms with van der Waals surface area (Å²) in [4.78, 5) is 30.9. The minimum Gasteiger partial charge on any atom is -0.477 e. The van der Waals surface area contributed by atoms with Crippen molar-refractivity contribution in [1.29, 1.82) is 0 Å². The van der Waals surface area contributed by atoms with Crippen LogP contribution in [0.25, 0.3) is 21.8 Å². The van der Waals surface area contributed by atoms with Gasteiger partial charge in [0.2, 0.25) is 5.43 Å². The number of aryl methyl sites for hydroxylation is 1. The van der Waals surface area contributed by atoms with Crippen LogP contribution < -0.4 is 10.3 Å². The molecule has 1 aliphatic rings. The van der Waals surface area contributed by atoms with Gasteiger partial charge in [-0.1, -0.05) is 13.8 Å². The van der Waals surface area contributed by atoms with E-state index in [1.807, 2.05) is 11.8 Å². The maximum absolute atomic E-state index is 15.1. The van der Waals surface area contributed by atoms with Crippen molar-refractivity contribution >= 4 is 33.5 Å². The summed E-state index contributed by atoms with van der Waals surface area (Å²) in [5, 5.41) is 9.96.